The van der Waals surface area contributed by atoms with Gasteiger partial charge >= 0.3 is 0 Å². The van der Waals surface area contributed by atoms with Crippen LogP contribution in [-0.2, 0) is 12.8 Å². The molecule has 1 unspecified atom stereocenters. The van der Waals surface area contributed by atoms with E-state index in [0.29, 0.717) is 11.4 Å². The van der Waals surface area contributed by atoms with E-state index in [1.54, 1.807) is 6.07 Å². The molecule has 1 nitrogen and oxygen atoms in total. The molecule has 19 heavy (non-hydrogen) atoms. The molecule has 2 aromatic carbocycles. The fraction of sp³-hybridized carbons (Fsp3) is 0.200. The molecule has 100 valence electrons. The van der Waals surface area contributed by atoms with Crippen LogP contribution in [0.4, 0.5) is 4.39 Å². The number of rotatable bonds is 4. The summed E-state index contributed by atoms with van der Waals surface area (Å²) in [5.74, 6) is -0.319. The number of hydrogen-bond acceptors (Lipinski definition) is 1. The molecule has 0 radical (unpaired) electrons. The summed E-state index contributed by atoms with van der Waals surface area (Å²) < 4.78 is 14.2. The summed E-state index contributed by atoms with van der Waals surface area (Å²) in [5, 5.41) is 0.443. The van der Waals surface area contributed by atoms with Crippen molar-refractivity contribution in [3.05, 3.63) is 68.0 Å². The smallest absolute Gasteiger partial charge is 0.124 e. The summed E-state index contributed by atoms with van der Waals surface area (Å²) in [4.78, 5) is 0. The van der Waals surface area contributed by atoms with Crippen molar-refractivity contribution in [2.45, 2.75) is 18.9 Å². The predicted octanol–water partition coefficient (Wildman–Crippen LogP) is 4.20. The summed E-state index contributed by atoms with van der Waals surface area (Å²) in [6.07, 6.45) is 1.43. The van der Waals surface area contributed by atoms with Crippen LogP contribution in [0.5, 0.6) is 0 Å². The van der Waals surface area contributed by atoms with Crippen molar-refractivity contribution >= 4 is 34.2 Å². The minimum Gasteiger partial charge on any atom is -0.327 e. The van der Waals surface area contributed by atoms with E-state index in [9.17, 15) is 4.39 Å². The maximum atomic E-state index is 13.0. The van der Waals surface area contributed by atoms with E-state index in [-0.39, 0.29) is 11.9 Å². The quantitative estimate of drug-likeness (QED) is 0.780. The second-order valence-electron chi connectivity index (χ2n) is 4.53. The topological polar surface area (TPSA) is 26.0 Å². The van der Waals surface area contributed by atoms with Crippen LogP contribution in [0.15, 0.2) is 42.5 Å². The maximum absolute atomic E-state index is 13.0. The lowest BCUT2D eigenvalue weighted by Gasteiger charge is -2.13. The molecule has 0 aliphatic heterocycles. The standard InChI is InChI=1S/C15H14ClFIN/c16-15-9-12(17)4-3-11(15)8-14(19)7-10-1-5-13(18)6-2-10/h1-6,9,14H,7-8,19H2. The van der Waals surface area contributed by atoms with E-state index in [0.717, 1.165) is 12.0 Å². The van der Waals surface area contributed by atoms with Crippen molar-refractivity contribution < 1.29 is 4.39 Å². The van der Waals surface area contributed by atoms with Gasteiger partial charge in [0.15, 0.2) is 0 Å². The molecule has 0 fully saturated rings. The molecule has 0 heterocycles. The highest BCUT2D eigenvalue weighted by molar-refractivity contribution is 14.1. The van der Waals surface area contributed by atoms with Crippen LogP contribution in [0.2, 0.25) is 5.02 Å². The number of nitrogens with two attached hydrogens (primary N) is 1. The zero-order valence-electron chi connectivity index (χ0n) is 10.2. The summed E-state index contributed by atoms with van der Waals surface area (Å²) in [7, 11) is 0. The van der Waals surface area contributed by atoms with Crippen LogP contribution in [0.3, 0.4) is 0 Å². The molecule has 0 amide bonds. The lowest BCUT2D eigenvalue weighted by molar-refractivity contribution is 0.623. The Labute approximate surface area is 131 Å². The first-order chi connectivity index (χ1) is 9.04. The second-order valence-corrected chi connectivity index (χ2v) is 6.18. The fourth-order valence-corrected chi connectivity index (χ4v) is 2.57. The number of halogens is 3. The van der Waals surface area contributed by atoms with Gasteiger partial charge in [0.1, 0.15) is 5.82 Å². The van der Waals surface area contributed by atoms with Gasteiger partial charge in [-0.05, 0) is 70.8 Å². The van der Waals surface area contributed by atoms with Crippen LogP contribution < -0.4 is 5.73 Å². The highest BCUT2D eigenvalue weighted by Gasteiger charge is 2.09. The van der Waals surface area contributed by atoms with Crippen molar-refractivity contribution in [1.29, 1.82) is 0 Å². The van der Waals surface area contributed by atoms with Gasteiger partial charge in [-0.25, -0.2) is 4.39 Å². The largest absolute Gasteiger partial charge is 0.327 e. The Morgan fingerprint density at radius 3 is 2.42 bits per heavy atom. The van der Waals surface area contributed by atoms with Gasteiger partial charge in [0.05, 0.1) is 0 Å². The van der Waals surface area contributed by atoms with Crippen molar-refractivity contribution in [3.8, 4) is 0 Å². The van der Waals surface area contributed by atoms with Gasteiger partial charge in [-0.2, -0.15) is 0 Å². The normalized spacial score (nSPS) is 12.4. The van der Waals surface area contributed by atoms with Crippen molar-refractivity contribution in [1.82, 2.24) is 0 Å². The van der Waals surface area contributed by atoms with E-state index in [2.05, 4.69) is 46.9 Å². The fourth-order valence-electron chi connectivity index (χ4n) is 1.97. The van der Waals surface area contributed by atoms with Crippen LogP contribution in [0, 0.1) is 9.39 Å². The van der Waals surface area contributed by atoms with Crippen molar-refractivity contribution in [3.63, 3.8) is 0 Å². The Morgan fingerprint density at radius 1 is 1.11 bits per heavy atom. The number of hydrogen-bond donors (Lipinski definition) is 1. The van der Waals surface area contributed by atoms with Gasteiger partial charge < -0.3 is 5.73 Å². The SMILES string of the molecule is NC(Cc1ccc(I)cc1)Cc1ccc(F)cc1Cl. The maximum Gasteiger partial charge on any atom is 0.124 e. The molecule has 0 spiro atoms. The van der Waals surface area contributed by atoms with Crippen molar-refractivity contribution in [2.24, 2.45) is 5.73 Å². The molecular weight excluding hydrogens is 376 g/mol. The van der Waals surface area contributed by atoms with Gasteiger partial charge in [-0.3, -0.25) is 0 Å². The number of benzene rings is 2. The van der Waals surface area contributed by atoms with Gasteiger partial charge in [-0.15, -0.1) is 0 Å². The third-order valence-electron chi connectivity index (χ3n) is 2.91. The van der Waals surface area contributed by atoms with E-state index in [1.807, 2.05) is 0 Å². The first-order valence-electron chi connectivity index (χ1n) is 5.98. The summed E-state index contributed by atoms with van der Waals surface area (Å²) in [5.41, 5.74) is 8.22. The minimum atomic E-state index is -0.319. The van der Waals surface area contributed by atoms with E-state index < -0.39 is 0 Å². The third kappa shape index (κ3) is 4.44. The monoisotopic (exact) mass is 389 g/mol. The average molecular weight is 390 g/mol. The Bertz CT molecular complexity index is 557. The predicted molar refractivity (Wildman–Crippen MR) is 86.0 cm³/mol. The molecule has 0 aromatic heterocycles. The van der Waals surface area contributed by atoms with Gasteiger partial charge in [-0.1, -0.05) is 29.8 Å². The first kappa shape index (κ1) is 14.8. The Kier molecular flexibility index (Phi) is 5.19. The summed E-state index contributed by atoms with van der Waals surface area (Å²) in [6, 6.07) is 12.7. The van der Waals surface area contributed by atoms with Crippen LogP contribution in [0.25, 0.3) is 0 Å². The molecule has 1 atom stereocenters. The zero-order valence-corrected chi connectivity index (χ0v) is 13.2. The molecule has 2 N–H and O–H groups in total. The van der Waals surface area contributed by atoms with E-state index in [4.69, 9.17) is 17.3 Å². The Morgan fingerprint density at radius 2 is 1.79 bits per heavy atom. The van der Waals surface area contributed by atoms with Gasteiger partial charge in [0, 0.05) is 14.6 Å². The second kappa shape index (κ2) is 6.68. The lowest BCUT2D eigenvalue weighted by atomic mass is 10.00. The highest BCUT2D eigenvalue weighted by Crippen LogP contribution is 2.19. The van der Waals surface area contributed by atoms with E-state index in [1.165, 1.54) is 21.3 Å². The molecule has 0 bridgehead atoms. The molecule has 0 aliphatic rings. The molecule has 4 heteroatoms. The molecule has 0 saturated carbocycles. The summed E-state index contributed by atoms with van der Waals surface area (Å²) >= 11 is 8.27. The molecule has 0 saturated heterocycles. The lowest BCUT2D eigenvalue weighted by Crippen LogP contribution is -2.25. The van der Waals surface area contributed by atoms with Gasteiger partial charge in [0.25, 0.3) is 0 Å². The van der Waals surface area contributed by atoms with E-state index >= 15 is 0 Å². The van der Waals surface area contributed by atoms with Crippen LogP contribution in [-0.4, -0.2) is 6.04 Å². The van der Waals surface area contributed by atoms with Crippen LogP contribution >= 0.6 is 34.2 Å². The Hall–Kier alpha value is -0.650. The zero-order chi connectivity index (χ0) is 13.8. The highest BCUT2D eigenvalue weighted by atomic mass is 127. The molecular formula is C15H14ClFIN. The molecule has 0 aliphatic carbocycles. The minimum absolute atomic E-state index is 0.0250. The Balaban J connectivity index is 2.01. The summed E-state index contributed by atoms with van der Waals surface area (Å²) in [6.45, 7) is 0. The van der Waals surface area contributed by atoms with Crippen molar-refractivity contribution in [2.75, 3.05) is 0 Å². The average Bonchev–Trinajstić information content (AvgIpc) is 2.36. The van der Waals surface area contributed by atoms with Gasteiger partial charge in [0.2, 0.25) is 0 Å². The molecule has 2 aromatic rings. The molecule has 2 rings (SSSR count). The van der Waals surface area contributed by atoms with Crippen LogP contribution in [0.1, 0.15) is 11.1 Å². The third-order valence-corrected chi connectivity index (χ3v) is 3.98. The first-order valence-corrected chi connectivity index (χ1v) is 7.44.